The van der Waals surface area contributed by atoms with Crippen molar-refractivity contribution in [1.29, 1.82) is 0 Å². The van der Waals surface area contributed by atoms with Gasteiger partial charge in [-0.05, 0) is 98.3 Å². The van der Waals surface area contributed by atoms with Crippen molar-refractivity contribution in [2.45, 2.75) is 61.8 Å². The number of hydrogen-bond donors (Lipinski definition) is 2. The number of benzene rings is 3. The van der Waals surface area contributed by atoms with Crippen molar-refractivity contribution in [2.75, 3.05) is 32.8 Å². The van der Waals surface area contributed by atoms with Gasteiger partial charge in [0.05, 0.1) is 5.25 Å². The summed E-state index contributed by atoms with van der Waals surface area (Å²) in [6.45, 7) is 3.97. The molecule has 3 aromatic rings. The molecule has 2 N–H and O–H groups in total. The number of halogens is 2. The lowest BCUT2D eigenvalue weighted by molar-refractivity contribution is 0.164. The Morgan fingerprint density at radius 1 is 1.00 bits per heavy atom. The predicted octanol–water partition coefficient (Wildman–Crippen LogP) is 6.03. The SMILES string of the molecule is Cl.O=S(=O)(NCCOc1ccc2c(c1)C(C1(c3ccc(Cl)cc3)CCC1)NCC2)C1CCN(Cc2ccccc2)CC1. The van der Waals surface area contributed by atoms with Gasteiger partial charge < -0.3 is 10.1 Å². The minimum Gasteiger partial charge on any atom is -0.492 e. The van der Waals surface area contributed by atoms with E-state index in [1.807, 2.05) is 36.4 Å². The van der Waals surface area contributed by atoms with Crippen LogP contribution in [-0.2, 0) is 28.4 Å². The van der Waals surface area contributed by atoms with E-state index in [1.165, 1.54) is 28.7 Å². The van der Waals surface area contributed by atoms with Gasteiger partial charge in [0.2, 0.25) is 10.0 Å². The van der Waals surface area contributed by atoms with Crippen LogP contribution in [0.1, 0.15) is 60.4 Å². The van der Waals surface area contributed by atoms with Gasteiger partial charge in [0, 0.05) is 29.6 Å². The van der Waals surface area contributed by atoms with E-state index in [9.17, 15) is 8.42 Å². The second kappa shape index (κ2) is 13.7. The standard InChI is InChI=1S/C33H40ClN3O3S.ClH/c34-28-10-8-27(9-11-28)33(16-4-17-33)32-31-23-29(12-7-26(31)13-18-35-32)40-22-19-36-41(38,39)30-14-20-37(21-15-30)24-25-5-2-1-3-6-25;/h1-3,5-12,23,30,32,35-36H,4,13-22,24H2;1H. The number of rotatable bonds is 10. The Kier molecular flexibility index (Phi) is 10.2. The highest BCUT2D eigenvalue weighted by atomic mass is 35.5. The van der Waals surface area contributed by atoms with E-state index in [0.29, 0.717) is 19.4 Å². The number of hydrogen-bond acceptors (Lipinski definition) is 5. The lowest BCUT2D eigenvalue weighted by atomic mass is 9.58. The molecular weight excluding hydrogens is 589 g/mol. The lowest BCUT2D eigenvalue weighted by Gasteiger charge is -2.50. The summed E-state index contributed by atoms with van der Waals surface area (Å²) in [4.78, 5) is 2.34. The molecule has 9 heteroatoms. The largest absolute Gasteiger partial charge is 0.492 e. The highest BCUT2D eigenvalue weighted by Crippen LogP contribution is 2.53. The first kappa shape index (κ1) is 31.3. The van der Waals surface area contributed by atoms with E-state index in [2.05, 4.69) is 51.3 Å². The van der Waals surface area contributed by atoms with Crippen molar-refractivity contribution < 1.29 is 13.2 Å². The molecule has 1 unspecified atom stereocenters. The lowest BCUT2D eigenvalue weighted by Crippen LogP contribution is -2.49. The van der Waals surface area contributed by atoms with Crippen molar-refractivity contribution in [3.8, 4) is 5.75 Å². The van der Waals surface area contributed by atoms with Crippen molar-refractivity contribution in [2.24, 2.45) is 0 Å². The summed E-state index contributed by atoms with van der Waals surface area (Å²) in [6, 6.07) is 25.3. The Balaban J connectivity index is 0.00000353. The highest BCUT2D eigenvalue weighted by Gasteiger charge is 2.47. The second-order valence-corrected chi connectivity index (χ2v) is 14.2. The summed E-state index contributed by atoms with van der Waals surface area (Å²) in [5.41, 5.74) is 5.32. The Morgan fingerprint density at radius 2 is 1.74 bits per heavy atom. The molecule has 0 amide bonds. The van der Waals surface area contributed by atoms with Gasteiger partial charge in [-0.1, -0.05) is 66.6 Å². The highest BCUT2D eigenvalue weighted by molar-refractivity contribution is 7.90. The fraction of sp³-hybridized carbons (Fsp3) is 0.455. The summed E-state index contributed by atoms with van der Waals surface area (Å²) in [5.74, 6) is 0.788. The van der Waals surface area contributed by atoms with E-state index < -0.39 is 10.0 Å². The van der Waals surface area contributed by atoms with E-state index in [1.54, 1.807) is 0 Å². The monoisotopic (exact) mass is 629 g/mol. The maximum atomic E-state index is 13.0. The average Bonchev–Trinajstić information content (AvgIpc) is 2.97. The zero-order chi connectivity index (χ0) is 28.3. The minimum atomic E-state index is -3.38. The number of sulfonamides is 1. The number of ether oxygens (including phenoxy) is 1. The predicted molar refractivity (Wildman–Crippen MR) is 172 cm³/mol. The molecule has 0 aromatic heterocycles. The first-order valence-electron chi connectivity index (χ1n) is 14.9. The summed E-state index contributed by atoms with van der Waals surface area (Å²) >= 11 is 6.20. The number of fused-ring (bicyclic) bond motifs is 1. The molecule has 3 aromatic carbocycles. The molecule has 0 spiro atoms. The molecule has 3 aliphatic rings. The summed E-state index contributed by atoms with van der Waals surface area (Å²) in [7, 11) is -3.38. The molecule has 42 heavy (non-hydrogen) atoms. The second-order valence-electron chi connectivity index (χ2n) is 11.8. The van der Waals surface area contributed by atoms with E-state index >= 15 is 0 Å². The van der Waals surface area contributed by atoms with Gasteiger partial charge in [0.25, 0.3) is 0 Å². The first-order chi connectivity index (χ1) is 19.9. The molecule has 2 heterocycles. The van der Waals surface area contributed by atoms with Gasteiger partial charge >= 0.3 is 0 Å². The molecule has 0 radical (unpaired) electrons. The topological polar surface area (TPSA) is 70.7 Å². The Bertz CT molecular complexity index is 1420. The molecule has 6 nitrogen and oxygen atoms in total. The normalized spacial score (nSPS) is 20.6. The molecule has 6 rings (SSSR count). The minimum absolute atomic E-state index is 0. The third-order valence-corrected chi connectivity index (χ3v) is 11.5. The van der Waals surface area contributed by atoms with Crippen molar-refractivity contribution in [1.82, 2.24) is 14.9 Å². The maximum Gasteiger partial charge on any atom is 0.214 e. The van der Waals surface area contributed by atoms with Crippen molar-refractivity contribution in [3.05, 3.63) is 100 Å². The summed E-state index contributed by atoms with van der Waals surface area (Å²) in [5, 5.41) is 4.23. The summed E-state index contributed by atoms with van der Waals surface area (Å²) < 4.78 is 34.9. The van der Waals surface area contributed by atoms with E-state index in [4.69, 9.17) is 16.3 Å². The van der Waals surface area contributed by atoms with E-state index in [-0.39, 0.29) is 35.7 Å². The number of likely N-dealkylation sites (tertiary alicyclic amines) is 1. The van der Waals surface area contributed by atoms with Gasteiger partial charge in [-0.25, -0.2) is 13.1 Å². The van der Waals surface area contributed by atoms with Crippen LogP contribution in [-0.4, -0.2) is 51.4 Å². The molecule has 1 saturated carbocycles. The van der Waals surface area contributed by atoms with Crippen LogP contribution in [0, 0.1) is 0 Å². The fourth-order valence-corrected chi connectivity index (χ4v) is 8.45. The molecule has 1 aliphatic carbocycles. The quantitative estimate of drug-likeness (QED) is 0.268. The zero-order valence-corrected chi connectivity index (χ0v) is 26.3. The maximum absolute atomic E-state index is 13.0. The van der Waals surface area contributed by atoms with Crippen molar-refractivity contribution >= 4 is 34.0 Å². The van der Waals surface area contributed by atoms with Crippen molar-refractivity contribution in [3.63, 3.8) is 0 Å². The first-order valence-corrected chi connectivity index (χ1v) is 16.9. The molecule has 1 saturated heterocycles. The van der Waals surface area contributed by atoms with Crippen LogP contribution in [0.5, 0.6) is 5.75 Å². The zero-order valence-electron chi connectivity index (χ0n) is 23.9. The van der Waals surface area contributed by atoms with Crippen LogP contribution in [0.15, 0.2) is 72.8 Å². The fourth-order valence-electron chi connectivity index (χ4n) is 6.89. The third kappa shape index (κ3) is 6.82. The van der Waals surface area contributed by atoms with Gasteiger partial charge in [0.15, 0.2) is 0 Å². The van der Waals surface area contributed by atoms with Crippen LogP contribution in [0.2, 0.25) is 5.02 Å². The Hall–Kier alpha value is -2.13. The summed E-state index contributed by atoms with van der Waals surface area (Å²) in [6.07, 6.45) is 5.80. The number of piperidine rings is 1. The van der Waals surface area contributed by atoms with Gasteiger partial charge in [0.1, 0.15) is 12.4 Å². The molecule has 1 atom stereocenters. The van der Waals surface area contributed by atoms with Crippen LogP contribution < -0.4 is 14.8 Å². The molecule has 226 valence electrons. The number of nitrogens with zero attached hydrogens (tertiary/aromatic N) is 1. The number of nitrogens with one attached hydrogen (secondary N) is 2. The van der Waals surface area contributed by atoms with Crippen LogP contribution in [0.3, 0.4) is 0 Å². The van der Waals surface area contributed by atoms with Gasteiger partial charge in [-0.15, -0.1) is 12.4 Å². The van der Waals surface area contributed by atoms with Gasteiger partial charge in [-0.3, -0.25) is 4.90 Å². The molecule has 0 bridgehead atoms. The van der Waals surface area contributed by atoms with Crippen LogP contribution in [0.25, 0.3) is 0 Å². The average molecular weight is 631 g/mol. The molecule has 2 fully saturated rings. The van der Waals surface area contributed by atoms with Gasteiger partial charge in [-0.2, -0.15) is 0 Å². The Morgan fingerprint density at radius 3 is 2.43 bits per heavy atom. The van der Waals surface area contributed by atoms with E-state index in [0.717, 1.165) is 56.2 Å². The Labute approximate surface area is 261 Å². The van der Waals surface area contributed by atoms with Crippen LogP contribution >= 0.6 is 24.0 Å². The molecule has 2 aliphatic heterocycles. The smallest absolute Gasteiger partial charge is 0.214 e. The third-order valence-electron chi connectivity index (χ3n) is 9.29. The molecular formula is C33H41Cl2N3O3S. The van der Waals surface area contributed by atoms with Crippen LogP contribution in [0.4, 0.5) is 0 Å².